The van der Waals surface area contributed by atoms with Crippen molar-refractivity contribution in [1.29, 1.82) is 0 Å². The Kier molecular flexibility index (Phi) is 10.0. The fourth-order valence-electron chi connectivity index (χ4n) is 4.35. The molecular weight excluding hydrogens is 613 g/mol. The molecule has 0 fully saturated rings. The summed E-state index contributed by atoms with van der Waals surface area (Å²) in [4.78, 5) is 40.2. The molecule has 3 N–H and O–H groups in total. The molecule has 6 nitrogen and oxygen atoms in total. The van der Waals surface area contributed by atoms with Crippen LogP contribution >= 0.6 is 35.0 Å². The lowest BCUT2D eigenvalue weighted by atomic mass is 10.1. The van der Waals surface area contributed by atoms with Gasteiger partial charge in [0.1, 0.15) is 5.70 Å². The van der Waals surface area contributed by atoms with E-state index in [1.165, 1.54) is 17.8 Å². The smallest absolute Gasteiger partial charge is 0.272 e. The molecule has 5 aromatic rings. The molecule has 1 unspecified atom stereocenters. The zero-order chi connectivity index (χ0) is 31.1. The normalized spacial score (nSPS) is 11.9. The van der Waals surface area contributed by atoms with Crippen LogP contribution in [0.2, 0.25) is 10.0 Å². The maximum absolute atomic E-state index is 13.5. The summed E-state index contributed by atoms with van der Waals surface area (Å²) >= 11 is 14.1. The van der Waals surface area contributed by atoms with Crippen LogP contribution < -0.4 is 16.0 Å². The lowest BCUT2D eigenvalue weighted by molar-refractivity contribution is -0.115. The number of hydrogen-bond acceptors (Lipinski definition) is 4. The highest BCUT2D eigenvalue weighted by molar-refractivity contribution is 8.00. The van der Waals surface area contributed by atoms with Crippen LogP contribution in [0.1, 0.15) is 22.8 Å². The Morgan fingerprint density at radius 2 is 1.36 bits per heavy atom. The second-order valence-electron chi connectivity index (χ2n) is 9.81. The lowest BCUT2D eigenvalue weighted by Crippen LogP contribution is -2.30. The molecule has 3 amide bonds. The highest BCUT2D eigenvalue weighted by atomic mass is 35.5. The molecule has 0 aliphatic heterocycles. The summed E-state index contributed by atoms with van der Waals surface area (Å²) in [6.45, 7) is 1.82. The maximum Gasteiger partial charge on any atom is 0.272 e. The van der Waals surface area contributed by atoms with E-state index in [4.69, 9.17) is 23.2 Å². The molecule has 5 aromatic carbocycles. The molecular formula is C35H27Cl2N3O3S. The summed E-state index contributed by atoms with van der Waals surface area (Å²) in [6.07, 6.45) is 1.44. The van der Waals surface area contributed by atoms with E-state index in [9.17, 15) is 14.4 Å². The van der Waals surface area contributed by atoms with Crippen LogP contribution in [0.15, 0.2) is 126 Å². The van der Waals surface area contributed by atoms with Crippen LogP contribution in [0.3, 0.4) is 0 Å². The average Bonchev–Trinajstić information content (AvgIpc) is 3.02. The van der Waals surface area contributed by atoms with Crippen LogP contribution in [-0.4, -0.2) is 23.0 Å². The van der Waals surface area contributed by atoms with Crippen molar-refractivity contribution < 1.29 is 14.4 Å². The molecule has 0 heterocycles. The number of fused-ring (bicyclic) bond motifs is 1. The molecule has 0 saturated carbocycles. The van der Waals surface area contributed by atoms with Gasteiger partial charge in [0.25, 0.3) is 11.8 Å². The first-order chi connectivity index (χ1) is 21.3. The first kappa shape index (κ1) is 30.9. The van der Waals surface area contributed by atoms with Crippen LogP contribution in [-0.2, 0) is 9.59 Å². The van der Waals surface area contributed by atoms with Crippen LogP contribution in [0.5, 0.6) is 0 Å². The number of carbonyl (C=O) groups excluding carboxylic acids is 3. The topological polar surface area (TPSA) is 87.3 Å². The van der Waals surface area contributed by atoms with E-state index in [0.29, 0.717) is 26.9 Å². The Balaban J connectivity index is 1.30. The summed E-state index contributed by atoms with van der Waals surface area (Å²) in [7, 11) is 0. The summed E-state index contributed by atoms with van der Waals surface area (Å²) in [6, 6.07) is 34.4. The zero-order valence-corrected chi connectivity index (χ0v) is 25.8. The summed E-state index contributed by atoms with van der Waals surface area (Å²) in [5, 5.41) is 10.9. The summed E-state index contributed by atoms with van der Waals surface area (Å²) in [5.41, 5.74) is 1.93. The summed E-state index contributed by atoms with van der Waals surface area (Å²) < 4.78 is 0. The molecule has 44 heavy (non-hydrogen) atoms. The van der Waals surface area contributed by atoms with E-state index in [1.54, 1.807) is 66.7 Å². The molecule has 0 aliphatic carbocycles. The number of halogens is 2. The van der Waals surface area contributed by atoms with Gasteiger partial charge >= 0.3 is 0 Å². The number of thioether (sulfide) groups is 1. The SMILES string of the molecule is CC(Sc1cccc(NC(=O)/C(=C\c2c(Cl)cccc2Cl)NC(=O)c2ccccc2)c1)C(=O)Nc1ccc2ccccc2c1. The van der Waals surface area contributed by atoms with Crippen molar-refractivity contribution in [3.63, 3.8) is 0 Å². The highest BCUT2D eigenvalue weighted by Gasteiger charge is 2.18. The van der Waals surface area contributed by atoms with Gasteiger partial charge in [-0.1, -0.05) is 83.9 Å². The van der Waals surface area contributed by atoms with Gasteiger partial charge in [0.2, 0.25) is 5.91 Å². The number of carbonyl (C=O) groups is 3. The minimum Gasteiger partial charge on any atom is -0.325 e. The van der Waals surface area contributed by atoms with Crippen molar-refractivity contribution in [1.82, 2.24) is 5.32 Å². The highest BCUT2D eigenvalue weighted by Crippen LogP contribution is 2.29. The molecule has 0 radical (unpaired) electrons. The third-order valence-corrected chi connectivity index (χ3v) is 8.36. The predicted octanol–water partition coefficient (Wildman–Crippen LogP) is 8.68. The van der Waals surface area contributed by atoms with Gasteiger partial charge in [-0.2, -0.15) is 0 Å². The molecule has 0 aromatic heterocycles. The fourth-order valence-corrected chi connectivity index (χ4v) is 5.78. The van der Waals surface area contributed by atoms with E-state index in [2.05, 4.69) is 16.0 Å². The molecule has 220 valence electrons. The zero-order valence-electron chi connectivity index (χ0n) is 23.5. The molecule has 0 aliphatic rings. The van der Waals surface area contributed by atoms with Crippen molar-refractivity contribution >= 4 is 80.9 Å². The minimum absolute atomic E-state index is 0.0463. The second-order valence-corrected chi connectivity index (χ2v) is 12.0. The van der Waals surface area contributed by atoms with Gasteiger partial charge in [-0.05, 0) is 78.4 Å². The van der Waals surface area contributed by atoms with Gasteiger partial charge in [0.05, 0.1) is 5.25 Å². The molecule has 0 saturated heterocycles. The van der Waals surface area contributed by atoms with Gasteiger partial charge < -0.3 is 16.0 Å². The number of hydrogen-bond donors (Lipinski definition) is 3. The monoisotopic (exact) mass is 639 g/mol. The largest absolute Gasteiger partial charge is 0.325 e. The lowest BCUT2D eigenvalue weighted by Gasteiger charge is -2.15. The van der Waals surface area contributed by atoms with Gasteiger partial charge in [0, 0.05) is 37.4 Å². The Hall–Kier alpha value is -4.56. The number of rotatable bonds is 9. The quantitative estimate of drug-likeness (QED) is 0.111. The van der Waals surface area contributed by atoms with E-state index < -0.39 is 17.1 Å². The van der Waals surface area contributed by atoms with Crippen molar-refractivity contribution in [3.05, 3.63) is 142 Å². The third-order valence-electron chi connectivity index (χ3n) is 6.61. The minimum atomic E-state index is -0.575. The number of benzene rings is 5. The van der Waals surface area contributed by atoms with Crippen molar-refractivity contribution in [3.8, 4) is 0 Å². The van der Waals surface area contributed by atoms with E-state index >= 15 is 0 Å². The van der Waals surface area contributed by atoms with Crippen molar-refractivity contribution in [2.75, 3.05) is 10.6 Å². The van der Waals surface area contributed by atoms with Gasteiger partial charge in [0.15, 0.2) is 0 Å². The van der Waals surface area contributed by atoms with Gasteiger partial charge in [-0.3, -0.25) is 14.4 Å². The Morgan fingerprint density at radius 3 is 2.11 bits per heavy atom. The first-order valence-corrected chi connectivity index (χ1v) is 15.3. The molecule has 1 atom stereocenters. The third kappa shape index (κ3) is 7.88. The molecule has 9 heteroatoms. The van der Waals surface area contributed by atoms with Gasteiger partial charge in [-0.25, -0.2) is 0 Å². The van der Waals surface area contributed by atoms with E-state index in [-0.39, 0.29) is 11.6 Å². The number of anilines is 2. The second kappa shape index (κ2) is 14.3. The number of amides is 3. The first-order valence-electron chi connectivity index (χ1n) is 13.7. The Bertz CT molecular complexity index is 1860. The number of nitrogens with one attached hydrogen (secondary N) is 3. The summed E-state index contributed by atoms with van der Waals surface area (Å²) in [5.74, 6) is -1.19. The van der Waals surface area contributed by atoms with Crippen molar-refractivity contribution in [2.45, 2.75) is 17.1 Å². The standard InChI is InChI=1S/C35H27Cl2N3O3S/c1-22(33(41)38-27-18-17-23-9-5-6-12-25(23)19-27)44-28-14-7-13-26(20-28)39-35(43)32(21-29-30(36)15-8-16-31(29)37)40-34(42)24-10-3-2-4-11-24/h2-22H,1H3,(H,38,41)(H,39,43)(H,40,42)/b32-21+. The van der Waals surface area contributed by atoms with Crippen LogP contribution in [0.4, 0.5) is 11.4 Å². The predicted molar refractivity (Wildman–Crippen MR) is 181 cm³/mol. The van der Waals surface area contributed by atoms with E-state index in [0.717, 1.165) is 21.4 Å². The maximum atomic E-state index is 13.5. The Labute approximate surface area is 269 Å². The van der Waals surface area contributed by atoms with Gasteiger partial charge in [-0.15, -0.1) is 11.8 Å². The fraction of sp³-hybridized carbons (Fsp3) is 0.0571. The molecule has 0 spiro atoms. The van der Waals surface area contributed by atoms with Crippen LogP contribution in [0, 0.1) is 0 Å². The van der Waals surface area contributed by atoms with Crippen LogP contribution in [0.25, 0.3) is 16.8 Å². The molecule has 5 rings (SSSR count). The molecule has 0 bridgehead atoms. The van der Waals surface area contributed by atoms with E-state index in [1.807, 2.05) is 55.5 Å². The Morgan fingerprint density at radius 1 is 0.705 bits per heavy atom. The van der Waals surface area contributed by atoms with Crippen molar-refractivity contribution in [2.24, 2.45) is 0 Å². The average molecular weight is 641 g/mol.